The highest BCUT2D eigenvalue weighted by Gasteiger charge is 2.22. The molecule has 0 spiro atoms. The summed E-state index contributed by atoms with van der Waals surface area (Å²) in [6.07, 6.45) is 0. The lowest BCUT2D eigenvalue weighted by Gasteiger charge is -2.19. The molecule has 0 aliphatic heterocycles. The van der Waals surface area contributed by atoms with E-state index >= 15 is 0 Å². The number of hydrogen-bond acceptors (Lipinski definition) is 4. The lowest BCUT2D eigenvalue weighted by molar-refractivity contribution is -0.124. The monoisotopic (exact) mass is 392 g/mol. The minimum atomic E-state index is -0.495. The summed E-state index contributed by atoms with van der Waals surface area (Å²) in [5.41, 5.74) is 0.947. The summed E-state index contributed by atoms with van der Waals surface area (Å²) in [4.78, 5) is 13.7. The van der Waals surface area contributed by atoms with Crippen LogP contribution in [0.1, 0.15) is 31.5 Å². The van der Waals surface area contributed by atoms with Gasteiger partial charge in [0.05, 0.1) is 10.9 Å². The van der Waals surface area contributed by atoms with Crippen LogP contribution in [0.4, 0.5) is 0 Å². The van der Waals surface area contributed by atoms with Crippen molar-refractivity contribution in [2.75, 3.05) is 0 Å². The van der Waals surface area contributed by atoms with Crippen LogP contribution < -0.4 is 5.32 Å². The van der Waals surface area contributed by atoms with E-state index in [0.29, 0.717) is 15.6 Å². The number of carbonyl (C=O) groups is 1. The number of amides is 1. The molecule has 0 unspecified atom stereocenters. The number of nitrogens with zero attached hydrogens (tertiary/aromatic N) is 2. The zero-order valence-corrected chi connectivity index (χ0v) is 16.1. The summed E-state index contributed by atoms with van der Waals surface area (Å²) >= 11 is 12.9. The molecule has 0 radical (unpaired) electrons. The Kier molecular flexibility index (Phi) is 5.36. The van der Waals surface area contributed by atoms with Gasteiger partial charge in [-0.2, -0.15) is 5.10 Å². The van der Waals surface area contributed by atoms with Gasteiger partial charge in [0.1, 0.15) is 6.04 Å². The van der Waals surface area contributed by atoms with Crippen molar-refractivity contribution in [1.82, 2.24) is 20.1 Å². The van der Waals surface area contributed by atoms with Gasteiger partial charge in [0, 0.05) is 5.02 Å². The Morgan fingerprint density at radius 3 is 2.84 bits per heavy atom. The van der Waals surface area contributed by atoms with Crippen LogP contribution in [0, 0.1) is 4.77 Å². The minimum Gasteiger partial charge on any atom is -0.348 e. The zero-order valence-electron chi connectivity index (χ0n) is 13.7. The van der Waals surface area contributed by atoms with Crippen LogP contribution in [0.5, 0.6) is 0 Å². The third-order valence-electron chi connectivity index (χ3n) is 3.92. The predicted molar refractivity (Wildman–Crippen MR) is 103 cm³/mol. The van der Waals surface area contributed by atoms with E-state index in [4.69, 9.17) is 23.8 Å². The summed E-state index contributed by atoms with van der Waals surface area (Å²) in [5, 5.41) is 12.7. The van der Waals surface area contributed by atoms with Gasteiger partial charge in [-0.15, -0.1) is 11.3 Å². The maximum Gasteiger partial charge on any atom is 0.243 e. The van der Waals surface area contributed by atoms with E-state index in [1.807, 2.05) is 49.6 Å². The summed E-state index contributed by atoms with van der Waals surface area (Å²) in [6.45, 7) is 3.73. The lowest BCUT2D eigenvalue weighted by Crippen LogP contribution is -2.33. The van der Waals surface area contributed by atoms with Gasteiger partial charge in [0.15, 0.2) is 10.6 Å². The van der Waals surface area contributed by atoms with Crippen LogP contribution in [0.3, 0.4) is 0 Å². The maximum atomic E-state index is 12.7. The highest BCUT2D eigenvalue weighted by molar-refractivity contribution is 7.71. The third-order valence-corrected chi connectivity index (χ3v) is 5.31. The molecule has 130 valence electrons. The Labute approximate surface area is 159 Å². The zero-order chi connectivity index (χ0) is 18.0. The fourth-order valence-electron chi connectivity index (χ4n) is 2.55. The first-order chi connectivity index (χ1) is 12.0. The fourth-order valence-corrected chi connectivity index (χ4v) is 3.75. The summed E-state index contributed by atoms with van der Waals surface area (Å²) in [6, 6.07) is 10.7. The van der Waals surface area contributed by atoms with Crippen LogP contribution in [-0.2, 0) is 4.79 Å². The number of thiophene rings is 1. The molecule has 2 aromatic heterocycles. The number of nitrogens with one attached hydrogen (secondary N) is 2. The topological polar surface area (TPSA) is 62.7 Å². The molecule has 5 nitrogen and oxygen atoms in total. The van der Waals surface area contributed by atoms with Crippen molar-refractivity contribution >= 4 is 41.1 Å². The molecule has 0 aliphatic rings. The van der Waals surface area contributed by atoms with E-state index in [-0.39, 0.29) is 11.9 Å². The summed E-state index contributed by atoms with van der Waals surface area (Å²) in [7, 11) is 0. The molecule has 3 aromatic rings. The van der Waals surface area contributed by atoms with Crippen LogP contribution in [0.15, 0.2) is 41.8 Å². The maximum absolute atomic E-state index is 12.7. The molecule has 2 atom stereocenters. The Morgan fingerprint density at radius 2 is 2.16 bits per heavy atom. The number of carbonyl (C=O) groups excluding carboxylic acids is 1. The largest absolute Gasteiger partial charge is 0.348 e. The summed E-state index contributed by atoms with van der Waals surface area (Å²) < 4.78 is 2.16. The van der Waals surface area contributed by atoms with Crippen LogP contribution >= 0.6 is 35.2 Å². The highest BCUT2D eigenvalue weighted by Crippen LogP contribution is 2.26. The molecular weight excluding hydrogens is 376 g/mol. The molecule has 3 rings (SSSR count). The Hall–Kier alpha value is -1.96. The van der Waals surface area contributed by atoms with E-state index in [1.165, 1.54) is 0 Å². The quantitative estimate of drug-likeness (QED) is 0.615. The number of aromatic amines is 1. The fraction of sp³-hybridized carbons (Fsp3) is 0.235. The molecule has 8 heteroatoms. The second-order valence-corrected chi connectivity index (χ2v) is 7.43. The van der Waals surface area contributed by atoms with Crippen molar-refractivity contribution in [3.05, 3.63) is 57.1 Å². The van der Waals surface area contributed by atoms with E-state index < -0.39 is 6.04 Å². The molecule has 0 saturated heterocycles. The van der Waals surface area contributed by atoms with Gasteiger partial charge in [-0.1, -0.05) is 29.8 Å². The van der Waals surface area contributed by atoms with Crippen molar-refractivity contribution in [3.63, 3.8) is 0 Å². The number of hydrogen-bond donors (Lipinski definition) is 2. The predicted octanol–water partition coefficient (Wildman–Crippen LogP) is 4.76. The first kappa shape index (κ1) is 17.8. The molecule has 2 heterocycles. The Balaban J connectivity index is 1.82. The first-order valence-corrected chi connectivity index (χ1v) is 9.40. The van der Waals surface area contributed by atoms with Gasteiger partial charge in [0.2, 0.25) is 5.91 Å². The number of benzene rings is 1. The van der Waals surface area contributed by atoms with Crippen LogP contribution in [0.2, 0.25) is 5.02 Å². The van der Waals surface area contributed by atoms with E-state index in [9.17, 15) is 4.79 Å². The van der Waals surface area contributed by atoms with Crippen molar-refractivity contribution in [3.8, 4) is 10.7 Å². The molecule has 2 N–H and O–H groups in total. The molecule has 0 saturated carbocycles. The third kappa shape index (κ3) is 3.84. The second kappa shape index (κ2) is 7.51. The number of halogens is 1. The first-order valence-electron chi connectivity index (χ1n) is 7.74. The number of aromatic nitrogens is 3. The minimum absolute atomic E-state index is 0.136. The standard InChI is InChI=1S/C17H17ClN4OS2/c1-10(12-5-3-6-13(18)9-12)19-16(23)11(2)22-15(20-21-17(22)24)14-7-4-8-25-14/h3-11H,1-2H3,(H,19,23)(H,21,24)/t10-,11+/m1/s1. The second-order valence-electron chi connectivity index (χ2n) is 5.66. The van der Waals surface area contributed by atoms with Crippen LogP contribution in [0.25, 0.3) is 10.7 Å². The van der Waals surface area contributed by atoms with Gasteiger partial charge < -0.3 is 5.32 Å². The van der Waals surface area contributed by atoms with Gasteiger partial charge in [-0.3, -0.25) is 14.5 Å². The van der Waals surface area contributed by atoms with Crippen molar-refractivity contribution in [2.24, 2.45) is 0 Å². The molecule has 25 heavy (non-hydrogen) atoms. The normalized spacial score (nSPS) is 13.4. The van der Waals surface area contributed by atoms with E-state index in [2.05, 4.69) is 15.5 Å². The van der Waals surface area contributed by atoms with E-state index in [0.717, 1.165) is 10.4 Å². The van der Waals surface area contributed by atoms with Gasteiger partial charge in [-0.25, -0.2) is 0 Å². The molecule has 1 amide bonds. The van der Waals surface area contributed by atoms with Gasteiger partial charge >= 0.3 is 0 Å². The molecular formula is C17H17ClN4OS2. The SMILES string of the molecule is C[C@@H](NC(=O)[C@H](C)n1c(-c2cccs2)n[nH]c1=S)c1cccc(Cl)c1. The van der Waals surface area contributed by atoms with E-state index in [1.54, 1.807) is 22.0 Å². The van der Waals surface area contributed by atoms with Crippen molar-refractivity contribution in [1.29, 1.82) is 0 Å². The highest BCUT2D eigenvalue weighted by atomic mass is 35.5. The smallest absolute Gasteiger partial charge is 0.243 e. The van der Waals surface area contributed by atoms with Gasteiger partial charge in [-0.05, 0) is 55.2 Å². The summed E-state index contributed by atoms with van der Waals surface area (Å²) in [5.74, 6) is 0.529. The number of rotatable bonds is 5. The number of H-pyrrole nitrogens is 1. The Bertz CT molecular complexity index is 932. The molecule has 0 fully saturated rings. The Morgan fingerprint density at radius 1 is 1.36 bits per heavy atom. The molecule has 1 aromatic carbocycles. The van der Waals surface area contributed by atoms with Crippen LogP contribution in [-0.4, -0.2) is 20.7 Å². The van der Waals surface area contributed by atoms with Crippen molar-refractivity contribution < 1.29 is 4.79 Å². The average molecular weight is 393 g/mol. The molecule has 0 aliphatic carbocycles. The van der Waals surface area contributed by atoms with Gasteiger partial charge in [0.25, 0.3) is 0 Å². The lowest BCUT2D eigenvalue weighted by atomic mass is 10.1. The average Bonchev–Trinajstić information content (AvgIpc) is 3.23. The molecule has 0 bridgehead atoms. The van der Waals surface area contributed by atoms with Crippen molar-refractivity contribution in [2.45, 2.75) is 25.9 Å².